The van der Waals surface area contributed by atoms with Crippen LogP contribution in [0, 0.1) is 0 Å². The Morgan fingerprint density at radius 1 is 1.32 bits per heavy atom. The van der Waals surface area contributed by atoms with Crippen LogP contribution in [0.25, 0.3) is 0 Å². The molecule has 0 fully saturated rings. The number of ether oxygens (including phenoxy) is 2. The lowest BCUT2D eigenvalue weighted by atomic mass is 10.3. The molecular weight excluding hydrogens is 334 g/mol. The summed E-state index contributed by atoms with van der Waals surface area (Å²) < 4.78 is 36.9. The number of hydrogen-bond donors (Lipinski definition) is 1. The fourth-order valence-corrected chi connectivity index (χ4v) is 4.06. The molecular formula is C13H16ClNO6S. The first-order valence-electron chi connectivity index (χ1n) is 6.67. The van der Waals surface area contributed by atoms with Gasteiger partial charge in [-0.1, -0.05) is 18.5 Å². The number of halogens is 1. The summed E-state index contributed by atoms with van der Waals surface area (Å²) in [5.41, 5.74) is 0. The van der Waals surface area contributed by atoms with E-state index in [4.69, 9.17) is 26.2 Å². The Bertz CT molecular complexity index is 675. The molecule has 0 bridgehead atoms. The number of nitrogens with zero attached hydrogens (tertiary/aromatic N) is 1. The summed E-state index contributed by atoms with van der Waals surface area (Å²) in [7, 11) is -4.04. The van der Waals surface area contributed by atoms with Crippen LogP contribution in [0.4, 0.5) is 0 Å². The van der Waals surface area contributed by atoms with Crippen molar-refractivity contribution in [3.63, 3.8) is 0 Å². The van der Waals surface area contributed by atoms with E-state index in [2.05, 4.69) is 0 Å². The molecule has 122 valence electrons. The van der Waals surface area contributed by atoms with Crippen LogP contribution >= 0.6 is 11.6 Å². The molecule has 0 amide bonds. The highest BCUT2D eigenvalue weighted by molar-refractivity contribution is 7.89. The van der Waals surface area contributed by atoms with E-state index in [0.717, 1.165) is 4.31 Å². The van der Waals surface area contributed by atoms with Gasteiger partial charge in [0.2, 0.25) is 10.0 Å². The average molecular weight is 350 g/mol. The number of benzene rings is 1. The van der Waals surface area contributed by atoms with Gasteiger partial charge in [-0.25, -0.2) is 8.42 Å². The Balaban J connectivity index is 2.45. The van der Waals surface area contributed by atoms with E-state index in [1.165, 1.54) is 12.1 Å². The Kier molecular flexibility index (Phi) is 5.15. The van der Waals surface area contributed by atoms with Crippen molar-refractivity contribution in [2.24, 2.45) is 0 Å². The SMILES string of the molecule is CCCN(CC(=O)O)S(=O)(=O)c1cc2c(cc1Cl)OCCO2. The highest BCUT2D eigenvalue weighted by Gasteiger charge is 2.30. The van der Waals surface area contributed by atoms with Gasteiger partial charge in [0, 0.05) is 18.7 Å². The number of carboxylic acids is 1. The van der Waals surface area contributed by atoms with E-state index in [1.807, 2.05) is 0 Å². The zero-order valence-corrected chi connectivity index (χ0v) is 13.5. The minimum Gasteiger partial charge on any atom is -0.486 e. The van der Waals surface area contributed by atoms with E-state index >= 15 is 0 Å². The zero-order chi connectivity index (χ0) is 16.3. The lowest BCUT2D eigenvalue weighted by molar-refractivity contribution is -0.137. The third-order valence-corrected chi connectivity index (χ3v) is 5.31. The van der Waals surface area contributed by atoms with Crippen molar-refractivity contribution >= 4 is 27.6 Å². The fraction of sp³-hybridized carbons (Fsp3) is 0.462. The normalized spacial score (nSPS) is 14.1. The van der Waals surface area contributed by atoms with Crippen LogP contribution in [0.1, 0.15) is 13.3 Å². The van der Waals surface area contributed by atoms with Crippen molar-refractivity contribution in [3.8, 4) is 11.5 Å². The monoisotopic (exact) mass is 349 g/mol. The lowest BCUT2D eigenvalue weighted by Gasteiger charge is -2.23. The number of rotatable bonds is 6. The van der Waals surface area contributed by atoms with Gasteiger partial charge in [-0.15, -0.1) is 0 Å². The molecule has 22 heavy (non-hydrogen) atoms. The molecule has 2 rings (SSSR count). The predicted octanol–water partition coefficient (Wildman–Crippen LogP) is 1.60. The van der Waals surface area contributed by atoms with Crippen LogP contribution < -0.4 is 9.47 Å². The lowest BCUT2D eigenvalue weighted by Crippen LogP contribution is -2.36. The second-order valence-corrected chi connectivity index (χ2v) is 6.97. The fourth-order valence-electron chi connectivity index (χ4n) is 2.07. The smallest absolute Gasteiger partial charge is 0.318 e. The minimum atomic E-state index is -4.04. The first-order valence-corrected chi connectivity index (χ1v) is 8.49. The second kappa shape index (κ2) is 6.72. The van der Waals surface area contributed by atoms with Gasteiger partial charge in [0.15, 0.2) is 11.5 Å². The Hall–Kier alpha value is -1.51. The number of carboxylic acid groups (broad SMARTS) is 1. The third-order valence-electron chi connectivity index (χ3n) is 3.00. The summed E-state index contributed by atoms with van der Waals surface area (Å²) in [5.74, 6) is -0.581. The summed E-state index contributed by atoms with van der Waals surface area (Å²) >= 11 is 6.04. The molecule has 1 aromatic carbocycles. The molecule has 0 atom stereocenters. The van der Waals surface area contributed by atoms with E-state index in [0.29, 0.717) is 25.4 Å². The quantitative estimate of drug-likeness (QED) is 0.838. The first-order chi connectivity index (χ1) is 10.4. The van der Waals surface area contributed by atoms with Crippen LogP contribution in [0.3, 0.4) is 0 Å². The molecule has 0 saturated carbocycles. The molecule has 0 spiro atoms. The number of carbonyl (C=O) groups is 1. The summed E-state index contributed by atoms with van der Waals surface area (Å²) in [5, 5.41) is 8.87. The molecule has 1 N–H and O–H groups in total. The largest absolute Gasteiger partial charge is 0.486 e. The molecule has 9 heteroatoms. The van der Waals surface area contributed by atoms with Gasteiger partial charge in [0.25, 0.3) is 0 Å². The molecule has 1 aliphatic rings. The summed E-state index contributed by atoms with van der Waals surface area (Å²) in [4.78, 5) is 10.7. The average Bonchev–Trinajstić information content (AvgIpc) is 2.45. The van der Waals surface area contributed by atoms with Crippen molar-refractivity contribution in [1.29, 1.82) is 0 Å². The summed E-state index contributed by atoms with van der Waals surface area (Å²) in [6, 6.07) is 2.64. The second-order valence-electron chi connectivity index (χ2n) is 4.66. The maximum Gasteiger partial charge on any atom is 0.318 e. The van der Waals surface area contributed by atoms with Gasteiger partial charge in [-0.05, 0) is 6.42 Å². The standard InChI is InChI=1S/C13H16ClNO6S/c1-2-3-15(8-13(16)17)22(18,19)12-7-11-10(6-9(12)14)20-4-5-21-11/h6-7H,2-5,8H2,1H3,(H,16,17). The molecule has 1 heterocycles. The Labute approximate surface area is 133 Å². The maximum atomic E-state index is 12.6. The molecule has 0 unspecified atom stereocenters. The van der Waals surface area contributed by atoms with Crippen molar-refractivity contribution in [2.45, 2.75) is 18.2 Å². The van der Waals surface area contributed by atoms with E-state index < -0.39 is 22.5 Å². The number of aliphatic carboxylic acids is 1. The molecule has 0 aromatic heterocycles. The van der Waals surface area contributed by atoms with Gasteiger partial charge < -0.3 is 14.6 Å². The van der Waals surface area contributed by atoms with Gasteiger partial charge in [-0.2, -0.15) is 4.31 Å². The highest BCUT2D eigenvalue weighted by atomic mass is 35.5. The van der Waals surface area contributed by atoms with Crippen molar-refractivity contribution < 1.29 is 27.8 Å². The van der Waals surface area contributed by atoms with Crippen molar-refractivity contribution in [2.75, 3.05) is 26.3 Å². The molecule has 1 aromatic rings. The van der Waals surface area contributed by atoms with E-state index in [9.17, 15) is 13.2 Å². The summed E-state index contributed by atoms with van der Waals surface area (Å²) in [6.07, 6.45) is 0.481. The number of fused-ring (bicyclic) bond motifs is 1. The van der Waals surface area contributed by atoms with Gasteiger partial charge in [0.05, 0.1) is 5.02 Å². The highest BCUT2D eigenvalue weighted by Crippen LogP contribution is 2.38. The molecule has 1 aliphatic heterocycles. The minimum absolute atomic E-state index is 0.0317. The molecule has 0 radical (unpaired) electrons. The van der Waals surface area contributed by atoms with Crippen LogP contribution in [-0.2, 0) is 14.8 Å². The number of hydrogen-bond acceptors (Lipinski definition) is 5. The first kappa shape index (κ1) is 16.9. The van der Waals surface area contributed by atoms with Crippen molar-refractivity contribution in [1.82, 2.24) is 4.31 Å². The molecule has 7 nitrogen and oxygen atoms in total. The van der Waals surface area contributed by atoms with Gasteiger partial charge >= 0.3 is 5.97 Å². The van der Waals surface area contributed by atoms with Gasteiger partial charge in [-0.3, -0.25) is 4.79 Å². The van der Waals surface area contributed by atoms with Crippen LogP contribution in [0.2, 0.25) is 5.02 Å². The van der Waals surface area contributed by atoms with Crippen LogP contribution in [-0.4, -0.2) is 50.1 Å². The van der Waals surface area contributed by atoms with E-state index in [1.54, 1.807) is 6.92 Å². The summed E-state index contributed by atoms with van der Waals surface area (Å²) in [6.45, 7) is 1.88. The molecule has 0 saturated heterocycles. The Morgan fingerprint density at radius 3 is 2.45 bits per heavy atom. The topological polar surface area (TPSA) is 93.1 Å². The van der Waals surface area contributed by atoms with Crippen molar-refractivity contribution in [3.05, 3.63) is 17.2 Å². The maximum absolute atomic E-state index is 12.6. The Morgan fingerprint density at radius 2 is 1.91 bits per heavy atom. The van der Waals surface area contributed by atoms with Crippen LogP contribution in [0.15, 0.2) is 17.0 Å². The third kappa shape index (κ3) is 3.45. The van der Waals surface area contributed by atoms with Gasteiger partial charge in [0.1, 0.15) is 24.7 Å². The number of sulfonamides is 1. The van der Waals surface area contributed by atoms with E-state index in [-0.39, 0.29) is 22.2 Å². The van der Waals surface area contributed by atoms with Crippen LogP contribution in [0.5, 0.6) is 11.5 Å². The molecule has 0 aliphatic carbocycles. The zero-order valence-electron chi connectivity index (χ0n) is 11.9. The predicted molar refractivity (Wildman–Crippen MR) is 79.1 cm³/mol.